The van der Waals surface area contributed by atoms with Crippen LogP contribution in [0.3, 0.4) is 0 Å². The van der Waals surface area contributed by atoms with Crippen LogP contribution in [0.15, 0.2) is 12.1 Å². The predicted octanol–water partition coefficient (Wildman–Crippen LogP) is 3.04. The van der Waals surface area contributed by atoms with E-state index in [4.69, 9.17) is 31.5 Å². The van der Waals surface area contributed by atoms with Gasteiger partial charge in [0.2, 0.25) is 0 Å². The maximum absolute atomic E-state index is 6.26. The molecule has 0 saturated heterocycles. The zero-order chi connectivity index (χ0) is 15.2. The zero-order valence-corrected chi connectivity index (χ0v) is 13.4. The summed E-state index contributed by atoms with van der Waals surface area (Å²) >= 11 is 6.26. The fourth-order valence-electron chi connectivity index (χ4n) is 1.73. The van der Waals surface area contributed by atoms with Crippen molar-refractivity contribution < 1.29 is 14.2 Å². The molecule has 0 aliphatic carbocycles. The molecule has 0 atom stereocenters. The summed E-state index contributed by atoms with van der Waals surface area (Å²) in [6.07, 6.45) is 1.51. The lowest BCUT2D eigenvalue weighted by molar-refractivity contribution is 0.00525. The van der Waals surface area contributed by atoms with E-state index in [1.54, 1.807) is 14.2 Å². The molecule has 4 nitrogen and oxygen atoms in total. The van der Waals surface area contributed by atoms with Gasteiger partial charge in [0, 0.05) is 13.5 Å². The van der Waals surface area contributed by atoms with Crippen LogP contribution in [-0.4, -0.2) is 33.0 Å². The monoisotopic (exact) mass is 301 g/mol. The lowest BCUT2D eigenvalue weighted by Crippen LogP contribution is -2.25. The molecule has 5 heteroatoms. The summed E-state index contributed by atoms with van der Waals surface area (Å²) in [6.45, 7) is 5.11. The Kier molecular flexibility index (Phi) is 6.59. The van der Waals surface area contributed by atoms with Crippen LogP contribution in [-0.2, 0) is 11.2 Å². The number of hydrogen-bond donors (Lipinski definition) is 1. The Hall–Kier alpha value is -0.970. The maximum atomic E-state index is 6.26. The quantitative estimate of drug-likeness (QED) is 0.802. The number of hydrogen-bond acceptors (Lipinski definition) is 4. The molecule has 0 aliphatic rings. The van der Waals surface area contributed by atoms with E-state index in [1.807, 2.05) is 26.0 Å². The molecule has 0 radical (unpaired) electrons. The molecular formula is C15H24ClNO3. The van der Waals surface area contributed by atoms with Gasteiger partial charge in [0.1, 0.15) is 0 Å². The molecule has 1 aromatic carbocycles. The van der Waals surface area contributed by atoms with Crippen molar-refractivity contribution in [2.45, 2.75) is 32.3 Å². The zero-order valence-electron chi connectivity index (χ0n) is 12.7. The van der Waals surface area contributed by atoms with Crippen LogP contribution in [0.1, 0.15) is 25.8 Å². The van der Waals surface area contributed by atoms with Crippen molar-refractivity contribution in [3.63, 3.8) is 0 Å². The Morgan fingerprint density at radius 1 is 1.25 bits per heavy atom. The molecule has 0 bridgehead atoms. The van der Waals surface area contributed by atoms with E-state index in [2.05, 4.69) is 0 Å². The van der Waals surface area contributed by atoms with Gasteiger partial charge in [-0.2, -0.15) is 0 Å². The van der Waals surface area contributed by atoms with Crippen molar-refractivity contribution in [1.29, 1.82) is 0 Å². The first-order valence-electron chi connectivity index (χ1n) is 6.68. The van der Waals surface area contributed by atoms with Gasteiger partial charge in [-0.05, 0) is 44.5 Å². The number of halogens is 1. The minimum Gasteiger partial charge on any atom is -0.493 e. The highest BCUT2D eigenvalue weighted by atomic mass is 35.5. The van der Waals surface area contributed by atoms with Gasteiger partial charge in [0.15, 0.2) is 11.5 Å². The standard InChI is InChI=1S/C15H24ClNO3/c1-15(2,19-4)6-8-20-14-12(16)9-11(5-7-17)10-13(14)18-3/h9-10H,5-8,17H2,1-4H3. The van der Waals surface area contributed by atoms with Gasteiger partial charge in [0.05, 0.1) is 24.3 Å². The van der Waals surface area contributed by atoms with Crippen LogP contribution in [0.2, 0.25) is 5.02 Å². The van der Waals surface area contributed by atoms with Gasteiger partial charge in [-0.3, -0.25) is 0 Å². The number of methoxy groups -OCH3 is 2. The van der Waals surface area contributed by atoms with Gasteiger partial charge >= 0.3 is 0 Å². The van der Waals surface area contributed by atoms with Crippen molar-refractivity contribution in [1.82, 2.24) is 0 Å². The summed E-state index contributed by atoms with van der Waals surface area (Å²) in [5.74, 6) is 1.21. The molecule has 0 spiro atoms. The molecule has 20 heavy (non-hydrogen) atoms. The Labute approximate surface area is 126 Å². The SMILES string of the molecule is COc1cc(CCN)cc(Cl)c1OCCC(C)(C)OC. The van der Waals surface area contributed by atoms with E-state index in [1.165, 1.54) is 0 Å². The molecule has 0 heterocycles. The van der Waals surface area contributed by atoms with Gasteiger partial charge in [-0.25, -0.2) is 0 Å². The summed E-state index contributed by atoms with van der Waals surface area (Å²) in [6, 6.07) is 3.78. The van der Waals surface area contributed by atoms with Crippen LogP contribution in [0.25, 0.3) is 0 Å². The third kappa shape index (κ3) is 4.85. The van der Waals surface area contributed by atoms with E-state index >= 15 is 0 Å². The Bertz CT molecular complexity index is 435. The number of rotatable bonds is 8. The summed E-state index contributed by atoms with van der Waals surface area (Å²) in [5.41, 5.74) is 6.37. The predicted molar refractivity (Wildman–Crippen MR) is 82.0 cm³/mol. The topological polar surface area (TPSA) is 53.7 Å². The van der Waals surface area contributed by atoms with Crippen LogP contribution in [0.5, 0.6) is 11.5 Å². The van der Waals surface area contributed by atoms with E-state index < -0.39 is 0 Å². The van der Waals surface area contributed by atoms with Gasteiger partial charge < -0.3 is 19.9 Å². The summed E-state index contributed by atoms with van der Waals surface area (Å²) in [7, 11) is 3.29. The van der Waals surface area contributed by atoms with E-state index in [-0.39, 0.29) is 5.60 Å². The molecule has 2 N–H and O–H groups in total. The smallest absolute Gasteiger partial charge is 0.179 e. The molecule has 0 aliphatic heterocycles. The number of nitrogens with two attached hydrogens (primary N) is 1. The second-order valence-electron chi connectivity index (χ2n) is 5.21. The molecule has 1 aromatic rings. The minimum absolute atomic E-state index is 0.223. The van der Waals surface area contributed by atoms with Crippen molar-refractivity contribution >= 4 is 11.6 Å². The van der Waals surface area contributed by atoms with E-state index in [0.717, 1.165) is 18.4 Å². The molecule has 114 valence electrons. The molecule has 1 rings (SSSR count). The highest BCUT2D eigenvalue weighted by Gasteiger charge is 2.18. The van der Waals surface area contributed by atoms with Gasteiger partial charge in [0.25, 0.3) is 0 Å². The summed E-state index contributed by atoms with van der Waals surface area (Å²) in [5, 5.41) is 0.544. The van der Waals surface area contributed by atoms with Gasteiger partial charge in [-0.15, -0.1) is 0 Å². The van der Waals surface area contributed by atoms with E-state index in [9.17, 15) is 0 Å². The normalized spacial score (nSPS) is 11.5. The largest absolute Gasteiger partial charge is 0.493 e. The summed E-state index contributed by atoms with van der Waals surface area (Å²) in [4.78, 5) is 0. The van der Waals surface area contributed by atoms with Gasteiger partial charge in [-0.1, -0.05) is 11.6 Å². The van der Waals surface area contributed by atoms with Crippen molar-refractivity contribution in [3.8, 4) is 11.5 Å². The fourth-order valence-corrected chi connectivity index (χ4v) is 2.01. The molecule has 0 amide bonds. The lowest BCUT2D eigenvalue weighted by Gasteiger charge is -2.23. The highest BCUT2D eigenvalue weighted by Crippen LogP contribution is 2.36. The van der Waals surface area contributed by atoms with Crippen molar-refractivity contribution in [2.75, 3.05) is 27.4 Å². The van der Waals surface area contributed by atoms with Crippen molar-refractivity contribution in [2.24, 2.45) is 5.73 Å². The number of benzene rings is 1. The fraction of sp³-hybridized carbons (Fsp3) is 0.600. The Balaban J connectivity index is 2.79. The first-order chi connectivity index (χ1) is 9.43. The number of ether oxygens (including phenoxy) is 3. The highest BCUT2D eigenvalue weighted by molar-refractivity contribution is 6.32. The van der Waals surface area contributed by atoms with Crippen LogP contribution >= 0.6 is 11.6 Å². The maximum Gasteiger partial charge on any atom is 0.179 e. The van der Waals surface area contributed by atoms with Crippen LogP contribution in [0.4, 0.5) is 0 Å². The molecule has 0 aromatic heterocycles. The third-order valence-electron chi connectivity index (χ3n) is 3.23. The molecular weight excluding hydrogens is 278 g/mol. The second kappa shape index (κ2) is 7.72. The Morgan fingerprint density at radius 2 is 1.95 bits per heavy atom. The van der Waals surface area contributed by atoms with Crippen LogP contribution in [0, 0.1) is 0 Å². The Morgan fingerprint density at radius 3 is 2.50 bits per heavy atom. The first-order valence-corrected chi connectivity index (χ1v) is 7.05. The molecule has 0 saturated carbocycles. The third-order valence-corrected chi connectivity index (χ3v) is 3.51. The first kappa shape index (κ1) is 17.1. The second-order valence-corrected chi connectivity index (χ2v) is 5.62. The average Bonchev–Trinajstić information content (AvgIpc) is 2.41. The van der Waals surface area contributed by atoms with Crippen molar-refractivity contribution in [3.05, 3.63) is 22.7 Å². The van der Waals surface area contributed by atoms with E-state index in [0.29, 0.717) is 29.7 Å². The molecule has 0 fully saturated rings. The minimum atomic E-state index is -0.223. The average molecular weight is 302 g/mol. The lowest BCUT2D eigenvalue weighted by atomic mass is 10.1. The molecule has 0 unspecified atom stereocenters. The summed E-state index contributed by atoms with van der Waals surface area (Å²) < 4.78 is 16.5. The van der Waals surface area contributed by atoms with Crippen LogP contribution < -0.4 is 15.2 Å².